The molecule has 0 spiro atoms. The molecule has 32 heavy (non-hydrogen) atoms. The summed E-state index contributed by atoms with van der Waals surface area (Å²) in [6.45, 7) is 6.05. The second-order valence-electron chi connectivity index (χ2n) is 8.37. The molecule has 0 radical (unpaired) electrons. The third-order valence-electron chi connectivity index (χ3n) is 5.80. The second-order valence-corrected chi connectivity index (χ2v) is 9.19. The number of anilines is 2. The molecule has 2 heterocycles. The van der Waals surface area contributed by atoms with Crippen LogP contribution in [-0.2, 0) is 9.59 Å². The van der Waals surface area contributed by atoms with Gasteiger partial charge in [0.15, 0.2) is 5.11 Å². The van der Waals surface area contributed by atoms with E-state index < -0.39 is 17.6 Å². The number of likely N-dealkylation sites (N-methyl/N-ethyl adjacent to an activating group) is 1. The van der Waals surface area contributed by atoms with E-state index in [4.69, 9.17) is 23.8 Å². The van der Waals surface area contributed by atoms with Crippen LogP contribution in [0.2, 0.25) is 5.02 Å². The van der Waals surface area contributed by atoms with Crippen molar-refractivity contribution in [2.24, 2.45) is 0 Å². The second kappa shape index (κ2) is 7.83. The molecular formula is C24H21ClFN3O2S. The van der Waals surface area contributed by atoms with E-state index in [1.54, 1.807) is 30.3 Å². The summed E-state index contributed by atoms with van der Waals surface area (Å²) in [5.74, 6) is -1.86. The number of rotatable bonds is 2. The van der Waals surface area contributed by atoms with Gasteiger partial charge in [-0.05, 0) is 75.0 Å². The van der Waals surface area contributed by atoms with Gasteiger partial charge in [-0.1, -0.05) is 23.7 Å². The number of nitrogens with zero attached hydrogens (tertiary/aromatic N) is 2. The van der Waals surface area contributed by atoms with Gasteiger partial charge in [0, 0.05) is 28.9 Å². The van der Waals surface area contributed by atoms with Crippen molar-refractivity contribution in [3.05, 3.63) is 70.0 Å². The van der Waals surface area contributed by atoms with Crippen LogP contribution >= 0.6 is 23.8 Å². The molecule has 1 fully saturated rings. The third kappa shape index (κ3) is 3.72. The number of carbonyl (C=O) groups is 2. The Hall–Kier alpha value is -3.03. The van der Waals surface area contributed by atoms with Crippen LogP contribution in [0.3, 0.4) is 0 Å². The molecule has 1 saturated heterocycles. The first-order chi connectivity index (χ1) is 15.0. The maximum atomic E-state index is 15.1. The average molecular weight is 470 g/mol. The van der Waals surface area contributed by atoms with E-state index in [0.717, 1.165) is 16.8 Å². The summed E-state index contributed by atoms with van der Waals surface area (Å²) in [6, 6.07) is 9.64. The maximum absolute atomic E-state index is 15.1. The van der Waals surface area contributed by atoms with E-state index >= 15 is 4.39 Å². The van der Waals surface area contributed by atoms with E-state index in [9.17, 15) is 9.59 Å². The molecule has 8 heteroatoms. The Morgan fingerprint density at radius 2 is 1.91 bits per heavy atom. The lowest BCUT2D eigenvalue weighted by Crippen LogP contribution is -2.54. The fourth-order valence-corrected chi connectivity index (χ4v) is 4.43. The Labute approximate surface area is 196 Å². The molecule has 0 aromatic heterocycles. The van der Waals surface area contributed by atoms with Crippen molar-refractivity contribution in [2.75, 3.05) is 16.8 Å². The van der Waals surface area contributed by atoms with Gasteiger partial charge < -0.3 is 4.90 Å². The van der Waals surface area contributed by atoms with E-state index in [-0.39, 0.29) is 21.8 Å². The summed E-state index contributed by atoms with van der Waals surface area (Å²) in [4.78, 5) is 28.9. The SMILES string of the molecule is CC1=CC(C)(C)N(C)c2cc(F)c(/C=C3/C(=O)NC(=S)N(c4cccc(Cl)c4)C3=O)cc21. The van der Waals surface area contributed by atoms with Crippen molar-refractivity contribution >= 4 is 63.8 Å². The van der Waals surface area contributed by atoms with Crippen molar-refractivity contribution in [2.45, 2.75) is 26.3 Å². The Bertz CT molecular complexity index is 1250. The van der Waals surface area contributed by atoms with Gasteiger partial charge in [-0.15, -0.1) is 0 Å². The Morgan fingerprint density at radius 1 is 1.19 bits per heavy atom. The van der Waals surface area contributed by atoms with Crippen LogP contribution in [0, 0.1) is 5.82 Å². The minimum Gasteiger partial charge on any atom is -0.365 e. The summed E-state index contributed by atoms with van der Waals surface area (Å²) in [7, 11) is 1.90. The highest BCUT2D eigenvalue weighted by Gasteiger charge is 2.35. The summed E-state index contributed by atoms with van der Waals surface area (Å²) in [5, 5.41) is 2.85. The topological polar surface area (TPSA) is 52.7 Å². The summed E-state index contributed by atoms with van der Waals surface area (Å²) >= 11 is 11.2. The highest BCUT2D eigenvalue weighted by molar-refractivity contribution is 7.80. The molecule has 2 aliphatic rings. The predicted molar refractivity (Wildman–Crippen MR) is 130 cm³/mol. The lowest BCUT2D eigenvalue weighted by molar-refractivity contribution is -0.122. The first-order valence-corrected chi connectivity index (χ1v) is 10.7. The Balaban J connectivity index is 1.80. The molecular weight excluding hydrogens is 449 g/mol. The quantitative estimate of drug-likeness (QED) is 0.384. The minimum absolute atomic E-state index is 0.0621. The number of halogens is 2. The number of fused-ring (bicyclic) bond motifs is 1. The molecule has 5 nitrogen and oxygen atoms in total. The van der Waals surface area contributed by atoms with Gasteiger partial charge in [-0.25, -0.2) is 4.39 Å². The zero-order valence-electron chi connectivity index (χ0n) is 18.0. The summed E-state index contributed by atoms with van der Waals surface area (Å²) in [6.07, 6.45) is 3.36. The van der Waals surface area contributed by atoms with Crippen LogP contribution in [0.15, 0.2) is 48.0 Å². The number of amides is 2. The summed E-state index contributed by atoms with van der Waals surface area (Å²) in [5.41, 5.74) is 2.64. The van der Waals surface area contributed by atoms with Crippen molar-refractivity contribution < 1.29 is 14.0 Å². The minimum atomic E-state index is -0.680. The van der Waals surface area contributed by atoms with E-state index in [2.05, 4.69) is 11.4 Å². The van der Waals surface area contributed by atoms with Crippen LogP contribution in [0.1, 0.15) is 31.9 Å². The van der Waals surface area contributed by atoms with E-state index in [1.807, 2.05) is 32.7 Å². The van der Waals surface area contributed by atoms with Gasteiger partial charge in [0.2, 0.25) is 0 Å². The fraction of sp³-hybridized carbons (Fsp3) is 0.208. The van der Waals surface area contributed by atoms with Crippen LogP contribution in [-0.4, -0.2) is 29.5 Å². The molecule has 2 aromatic rings. The zero-order chi connectivity index (χ0) is 23.4. The number of carbonyl (C=O) groups excluding carboxylic acids is 2. The monoisotopic (exact) mass is 469 g/mol. The normalized spacial score (nSPS) is 19.1. The van der Waals surface area contributed by atoms with Crippen LogP contribution in [0.4, 0.5) is 15.8 Å². The van der Waals surface area contributed by atoms with Crippen molar-refractivity contribution in [3.63, 3.8) is 0 Å². The predicted octanol–water partition coefficient (Wildman–Crippen LogP) is 4.94. The van der Waals surface area contributed by atoms with Crippen LogP contribution < -0.4 is 15.1 Å². The standard InChI is InChI=1S/C24H21ClFN3O2S/c1-13-12-24(2,3)28(4)20-11-19(26)14(8-17(13)20)9-18-21(30)27-23(32)29(22(18)31)16-7-5-6-15(25)10-16/h5-12H,1-4H3,(H,27,30,32)/b18-9-. The molecule has 164 valence electrons. The molecule has 1 N–H and O–H groups in total. The molecule has 0 bridgehead atoms. The van der Waals surface area contributed by atoms with Crippen molar-refractivity contribution in [3.8, 4) is 0 Å². The van der Waals surface area contributed by atoms with Crippen molar-refractivity contribution in [1.82, 2.24) is 5.32 Å². The summed E-state index contributed by atoms with van der Waals surface area (Å²) < 4.78 is 15.1. The van der Waals surface area contributed by atoms with Gasteiger partial charge in [0.25, 0.3) is 11.8 Å². The molecule has 0 aliphatic carbocycles. The molecule has 2 aromatic carbocycles. The molecule has 0 atom stereocenters. The maximum Gasteiger partial charge on any atom is 0.270 e. The molecule has 0 unspecified atom stereocenters. The highest BCUT2D eigenvalue weighted by atomic mass is 35.5. The average Bonchev–Trinajstić information content (AvgIpc) is 2.69. The van der Waals surface area contributed by atoms with E-state index in [0.29, 0.717) is 10.7 Å². The van der Waals surface area contributed by atoms with Gasteiger partial charge in [0.1, 0.15) is 11.4 Å². The number of hydrogen-bond donors (Lipinski definition) is 1. The van der Waals surface area contributed by atoms with Crippen LogP contribution in [0.25, 0.3) is 11.6 Å². The highest BCUT2D eigenvalue weighted by Crippen LogP contribution is 2.39. The number of benzene rings is 2. The molecule has 0 saturated carbocycles. The fourth-order valence-electron chi connectivity index (χ4n) is 3.96. The smallest absolute Gasteiger partial charge is 0.270 e. The Morgan fingerprint density at radius 3 is 2.59 bits per heavy atom. The molecule has 4 rings (SSSR count). The lowest BCUT2D eigenvalue weighted by atomic mass is 9.88. The number of thiocarbonyl (C=S) groups is 1. The van der Waals surface area contributed by atoms with Gasteiger partial charge in [0.05, 0.1) is 11.2 Å². The first-order valence-electron chi connectivity index (χ1n) is 9.94. The first kappa shape index (κ1) is 22.2. The number of hydrogen-bond acceptors (Lipinski definition) is 4. The molecule has 2 aliphatic heterocycles. The largest absolute Gasteiger partial charge is 0.365 e. The van der Waals surface area contributed by atoms with Gasteiger partial charge in [-0.3, -0.25) is 19.8 Å². The zero-order valence-corrected chi connectivity index (χ0v) is 19.6. The molecule has 2 amide bonds. The van der Waals surface area contributed by atoms with Crippen LogP contribution in [0.5, 0.6) is 0 Å². The number of nitrogens with one attached hydrogen (secondary N) is 1. The van der Waals surface area contributed by atoms with Crippen molar-refractivity contribution in [1.29, 1.82) is 0 Å². The number of allylic oxidation sites excluding steroid dienone is 1. The third-order valence-corrected chi connectivity index (χ3v) is 6.32. The lowest BCUT2D eigenvalue weighted by Gasteiger charge is -2.40. The van der Waals surface area contributed by atoms with Gasteiger partial charge in [-0.2, -0.15) is 0 Å². The Kier molecular flexibility index (Phi) is 5.43. The van der Waals surface area contributed by atoms with Gasteiger partial charge >= 0.3 is 0 Å². The van der Waals surface area contributed by atoms with E-state index in [1.165, 1.54) is 17.0 Å².